The molecule has 0 spiro atoms. The second kappa shape index (κ2) is 4.96. The van der Waals surface area contributed by atoms with E-state index in [2.05, 4.69) is 25.8 Å². The van der Waals surface area contributed by atoms with Crippen LogP contribution in [0.1, 0.15) is 20.8 Å². The molecule has 0 aliphatic carbocycles. The number of nitrogens with zero attached hydrogens (tertiary/aromatic N) is 1. The Kier molecular flexibility index (Phi) is 3.89. The lowest BCUT2D eigenvalue weighted by Gasteiger charge is -2.16. The van der Waals surface area contributed by atoms with Crippen LogP contribution in [0.2, 0.25) is 6.32 Å². The topological polar surface area (TPSA) is 39.2 Å². The molecule has 0 unspecified atom stereocenters. The van der Waals surface area contributed by atoms with E-state index >= 15 is 0 Å². The van der Waals surface area contributed by atoms with E-state index in [4.69, 9.17) is 4.74 Å². The van der Waals surface area contributed by atoms with Crippen LogP contribution >= 0.6 is 0 Å². The first-order valence-electron chi connectivity index (χ1n) is 4.92. The molecule has 0 saturated heterocycles. The lowest BCUT2D eigenvalue weighted by Crippen LogP contribution is -2.19. The van der Waals surface area contributed by atoms with Gasteiger partial charge in [-0.1, -0.05) is 27.1 Å². The molecule has 0 aliphatic heterocycles. The van der Waals surface area contributed by atoms with Crippen molar-refractivity contribution < 1.29 is 9.53 Å². The highest BCUT2D eigenvalue weighted by Gasteiger charge is 2.15. The van der Waals surface area contributed by atoms with Crippen molar-refractivity contribution in [2.45, 2.75) is 27.1 Å². The van der Waals surface area contributed by atoms with Crippen molar-refractivity contribution in [1.82, 2.24) is 4.98 Å². The van der Waals surface area contributed by atoms with Gasteiger partial charge in [0.2, 0.25) is 5.87 Å². The van der Waals surface area contributed by atoms with Gasteiger partial charge in [-0.3, -0.25) is 9.78 Å². The minimum atomic E-state index is -0.309. The molecule has 0 amide bonds. The van der Waals surface area contributed by atoms with Crippen LogP contribution in [0.15, 0.2) is 24.5 Å². The molecule has 0 aromatic carbocycles. The zero-order valence-electron chi connectivity index (χ0n) is 9.36. The van der Waals surface area contributed by atoms with Crippen LogP contribution in [0.5, 0.6) is 5.75 Å². The summed E-state index contributed by atoms with van der Waals surface area (Å²) in [5.41, 5.74) is 0.108. The minimum Gasteiger partial charge on any atom is -0.435 e. The minimum absolute atomic E-state index is 0.108. The van der Waals surface area contributed by atoms with Crippen molar-refractivity contribution in [3.8, 4) is 5.75 Å². The normalized spacial score (nSPS) is 10.9. The summed E-state index contributed by atoms with van der Waals surface area (Å²) in [7, 11) is 1.57. The van der Waals surface area contributed by atoms with Crippen molar-refractivity contribution in [1.29, 1.82) is 0 Å². The van der Waals surface area contributed by atoms with Crippen LogP contribution in [0.25, 0.3) is 0 Å². The third-order valence-corrected chi connectivity index (χ3v) is 1.75. The van der Waals surface area contributed by atoms with Gasteiger partial charge in [0.05, 0.1) is 0 Å². The largest absolute Gasteiger partial charge is 0.435 e. The van der Waals surface area contributed by atoms with E-state index in [9.17, 15) is 4.79 Å². The van der Waals surface area contributed by atoms with Gasteiger partial charge in [-0.05, 0) is 17.5 Å². The van der Waals surface area contributed by atoms with Gasteiger partial charge in [0, 0.05) is 12.4 Å². The summed E-state index contributed by atoms with van der Waals surface area (Å²) in [4.78, 5) is 15.2. The maximum absolute atomic E-state index is 11.4. The fraction of sp³-hybridized carbons (Fsp3) is 0.455. The van der Waals surface area contributed by atoms with Gasteiger partial charge in [-0.2, -0.15) is 0 Å². The number of rotatable bonds is 3. The van der Waals surface area contributed by atoms with Crippen molar-refractivity contribution >= 4 is 13.1 Å². The molecule has 0 aliphatic rings. The third kappa shape index (κ3) is 5.20. The maximum Gasteiger partial charge on any atom is 0.262 e. The van der Waals surface area contributed by atoms with E-state index in [1.807, 2.05) is 0 Å². The van der Waals surface area contributed by atoms with Gasteiger partial charge in [-0.25, -0.2) is 0 Å². The second-order valence-corrected chi connectivity index (χ2v) is 4.57. The highest BCUT2D eigenvalue weighted by molar-refractivity contribution is 6.72. The lowest BCUT2D eigenvalue weighted by atomic mass is 9.65. The number of hydrogen-bond donors (Lipinski definition) is 0. The molecule has 0 bridgehead atoms. The molecular weight excluding hydrogens is 189 g/mol. The highest BCUT2D eigenvalue weighted by atomic mass is 16.5. The highest BCUT2D eigenvalue weighted by Crippen LogP contribution is 2.18. The number of aromatic nitrogens is 1. The van der Waals surface area contributed by atoms with Gasteiger partial charge >= 0.3 is 0 Å². The first kappa shape index (κ1) is 11.8. The lowest BCUT2D eigenvalue weighted by molar-refractivity contribution is 0.224. The molecule has 0 N–H and O–H groups in total. The van der Waals surface area contributed by atoms with Crippen LogP contribution < -0.4 is 4.74 Å². The van der Waals surface area contributed by atoms with Gasteiger partial charge < -0.3 is 4.74 Å². The van der Waals surface area contributed by atoms with Gasteiger partial charge in [0.1, 0.15) is 5.75 Å². The van der Waals surface area contributed by atoms with Crippen LogP contribution in [0.3, 0.4) is 0 Å². The molecule has 1 heterocycles. The van der Waals surface area contributed by atoms with Crippen molar-refractivity contribution in [3.63, 3.8) is 0 Å². The fourth-order valence-corrected chi connectivity index (χ4v) is 0.954. The summed E-state index contributed by atoms with van der Waals surface area (Å²) < 4.78 is 5.08. The zero-order valence-corrected chi connectivity index (χ0v) is 9.36. The summed E-state index contributed by atoms with van der Waals surface area (Å²) in [6.45, 7) is 6.22. The summed E-state index contributed by atoms with van der Waals surface area (Å²) in [6, 6.07) is 3.31. The third-order valence-electron chi connectivity index (χ3n) is 1.75. The molecule has 1 aromatic heterocycles. The molecule has 1 rings (SSSR count). The van der Waals surface area contributed by atoms with Crippen LogP contribution in [-0.2, 0) is 0 Å². The van der Waals surface area contributed by atoms with E-state index in [1.165, 1.54) is 0 Å². The monoisotopic (exact) mass is 204 g/mol. The SMILES string of the molecule is CC(C)(C)C[B]C(=O)Oc1ccncc1. The molecular formula is C11H15BNO2. The van der Waals surface area contributed by atoms with E-state index in [0.717, 1.165) is 0 Å². The number of hydrogen-bond acceptors (Lipinski definition) is 3. The van der Waals surface area contributed by atoms with Crippen molar-refractivity contribution in [3.05, 3.63) is 24.5 Å². The van der Waals surface area contributed by atoms with E-state index in [-0.39, 0.29) is 11.3 Å². The Morgan fingerprint density at radius 3 is 2.53 bits per heavy atom. The number of pyridine rings is 1. The average Bonchev–Trinajstić information content (AvgIpc) is 2.15. The summed E-state index contributed by atoms with van der Waals surface area (Å²) in [5.74, 6) is 0.219. The van der Waals surface area contributed by atoms with Crippen LogP contribution in [-0.4, -0.2) is 18.1 Å². The number of carbonyl (C=O) groups excluding carboxylic acids is 1. The quantitative estimate of drug-likeness (QED) is 0.710. The van der Waals surface area contributed by atoms with E-state index in [0.29, 0.717) is 12.1 Å². The Morgan fingerprint density at radius 1 is 1.40 bits per heavy atom. The van der Waals surface area contributed by atoms with Crippen LogP contribution in [0.4, 0.5) is 4.79 Å². The van der Waals surface area contributed by atoms with Crippen LogP contribution in [0, 0.1) is 5.41 Å². The first-order chi connectivity index (χ1) is 6.97. The molecule has 0 atom stereocenters. The molecule has 4 heteroatoms. The zero-order chi connectivity index (χ0) is 11.3. The Hall–Kier alpha value is -1.32. The molecule has 79 valence electrons. The summed E-state index contributed by atoms with van der Waals surface area (Å²) >= 11 is 0. The molecule has 15 heavy (non-hydrogen) atoms. The Labute approximate surface area is 91.1 Å². The van der Waals surface area contributed by atoms with E-state index < -0.39 is 0 Å². The number of carbonyl (C=O) groups is 1. The molecule has 1 radical (unpaired) electrons. The molecule has 3 nitrogen and oxygen atoms in total. The Morgan fingerprint density at radius 2 is 2.00 bits per heavy atom. The second-order valence-electron chi connectivity index (χ2n) is 4.57. The summed E-state index contributed by atoms with van der Waals surface area (Å²) in [5, 5.41) is 0. The predicted molar refractivity (Wildman–Crippen MR) is 60.3 cm³/mol. The molecule has 1 aromatic rings. The number of ether oxygens (including phenoxy) is 1. The Bertz CT molecular complexity index is 319. The fourth-order valence-electron chi connectivity index (χ4n) is 0.954. The smallest absolute Gasteiger partial charge is 0.262 e. The first-order valence-corrected chi connectivity index (χ1v) is 4.92. The Balaban J connectivity index is 2.38. The van der Waals surface area contributed by atoms with Gasteiger partial charge in [0.25, 0.3) is 7.28 Å². The van der Waals surface area contributed by atoms with Crippen molar-refractivity contribution in [2.24, 2.45) is 5.41 Å². The van der Waals surface area contributed by atoms with Crippen molar-refractivity contribution in [2.75, 3.05) is 0 Å². The standard InChI is InChI=1S/C11H15BNO2/c1-11(2,3)8-12-10(14)15-9-4-6-13-7-5-9/h4-7H,8H2,1-3H3. The molecule has 0 fully saturated rings. The summed E-state index contributed by atoms with van der Waals surface area (Å²) in [6.07, 6.45) is 3.88. The predicted octanol–water partition coefficient (Wildman–Crippen LogP) is 2.75. The van der Waals surface area contributed by atoms with Gasteiger partial charge in [0.15, 0.2) is 0 Å². The maximum atomic E-state index is 11.4. The molecule has 0 saturated carbocycles. The van der Waals surface area contributed by atoms with E-state index in [1.54, 1.807) is 31.8 Å². The average molecular weight is 204 g/mol. The van der Waals surface area contributed by atoms with Gasteiger partial charge in [-0.15, -0.1) is 0 Å².